The molecule has 1 saturated heterocycles. The lowest BCUT2D eigenvalue weighted by atomic mass is 10.1. The zero-order valence-corrected chi connectivity index (χ0v) is 14.7. The number of piperazine rings is 1. The normalized spacial score (nSPS) is 14.9. The SMILES string of the molecule is COC(=O)c1cc([N+](=O)[O-])ccc1N1CC[NH+](Cc2ccccc2)CC1. The van der Waals surface area contributed by atoms with Crippen LogP contribution in [0.3, 0.4) is 0 Å². The van der Waals surface area contributed by atoms with E-state index in [9.17, 15) is 14.9 Å². The Morgan fingerprint density at radius 1 is 1.19 bits per heavy atom. The number of nitro groups is 1. The number of quaternary nitrogens is 1. The minimum Gasteiger partial charge on any atom is -0.465 e. The number of rotatable bonds is 5. The van der Waals surface area contributed by atoms with Gasteiger partial charge in [-0.3, -0.25) is 10.1 Å². The molecule has 2 aromatic carbocycles. The van der Waals surface area contributed by atoms with E-state index in [0.29, 0.717) is 5.69 Å². The Balaban J connectivity index is 1.72. The van der Waals surface area contributed by atoms with E-state index in [0.717, 1.165) is 32.7 Å². The highest BCUT2D eigenvalue weighted by Crippen LogP contribution is 2.26. The molecule has 136 valence electrons. The third-order valence-electron chi connectivity index (χ3n) is 4.70. The summed E-state index contributed by atoms with van der Waals surface area (Å²) in [5.41, 5.74) is 2.14. The number of carbonyl (C=O) groups is 1. The minimum atomic E-state index is -0.553. The Morgan fingerprint density at radius 2 is 1.88 bits per heavy atom. The molecule has 0 aliphatic carbocycles. The number of non-ortho nitro benzene ring substituents is 1. The molecule has 1 fully saturated rings. The number of methoxy groups -OCH3 is 1. The van der Waals surface area contributed by atoms with Gasteiger partial charge in [0.2, 0.25) is 0 Å². The number of hydrogen-bond acceptors (Lipinski definition) is 5. The number of anilines is 1. The summed E-state index contributed by atoms with van der Waals surface area (Å²) >= 11 is 0. The summed E-state index contributed by atoms with van der Waals surface area (Å²) in [5.74, 6) is -0.553. The molecule has 1 aliphatic heterocycles. The summed E-state index contributed by atoms with van der Waals surface area (Å²) in [6, 6.07) is 14.7. The van der Waals surface area contributed by atoms with E-state index in [4.69, 9.17) is 4.74 Å². The van der Waals surface area contributed by atoms with Crippen molar-refractivity contribution < 1.29 is 19.4 Å². The van der Waals surface area contributed by atoms with Crippen LogP contribution in [0.25, 0.3) is 0 Å². The molecule has 2 aromatic rings. The minimum absolute atomic E-state index is 0.109. The average molecular weight is 356 g/mol. The Morgan fingerprint density at radius 3 is 2.50 bits per heavy atom. The van der Waals surface area contributed by atoms with Crippen LogP contribution in [0.15, 0.2) is 48.5 Å². The first kappa shape index (κ1) is 17.9. The van der Waals surface area contributed by atoms with Gasteiger partial charge in [-0.25, -0.2) is 4.79 Å². The predicted octanol–water partition coefficient (Wildman–Crippen LogP) is 1.29. The van der Waals surface area contributed by atoms with Crippen LogP contribution in [-0.2, 0) is 11.3 Å². The number of carbonyl (C=O) groups excluding carboxylic acids is 1. The standard InChI is InChI=1S/C19H21N3O4/c1-26-19(23)17-13-16(22(24)25)7-8-18(17)21-11-9-20(10-12-21)14-15-5-3-2-4-6-15/h2-8,13H,9-12,14H2,1H3/p+1. The van der Waals surface area contributed by atoms with Crippen molar-refractivity contribution in [3.8, 4) is 0 Å². The van der Waals surface area contributed by atoms with Gasteiger partial charge in [0.05, 0.1) is 49.5 Å². The highest BCUT2D eigenvalue weighted by Gasteiger charge is 2.25. The van der Waals surface area contributed by atoms with Crippen LogP contribution in [-0.4, -0.2) is 44.2 Å². The van der Waals surface area contributed by atoms with E-state index in [1.165, 1.54) is 29.7 Å². The average Bonchev–Trinajstić information content (AvgIpc) is 2.68. The van der Waals surface area contributed by atoms with Crippen LogP contribution in [0, 0.1) is 10.1 Å². The second-order valence-electron chi connectivity index (χ2n) is 6.35. The molecule has 7 heteroatoms. The molecular weight excluding hydrogens is 334 g/mol. The van der Waals surface area contributed by atoms with Crippen molar-refractivity contribution in [2.45, 2.75) is 6.54 Å². The van der Waals surface area contributed by atoms with Gasteiger partial charge < -0.3 is 14.5 Å². The highest BCUT2D eigenvalue weighted by molar-refractivity contribution is 5.96. The van der Waals surface area contributed by atoms with E-state index in [2.05, 4.69) is 17.0 Å². The van der Waals surface area contributed by atoms with Crippen molar-refractivity contribution in [3.05, 3.63) is 69.8 Å². The molecule has 1 N–H and O–H groups in total. The van der Waals surface area contributed by atoms with Crippen molar-refractivity contribution in [2.24, 2.45) is 0 Å². The molecule has 1 aliphatic rings. The van der Waals surface area contributed by atoms with Crippen LogP contribution in [0.5, 0.6) is 0 Å². The topological polar surface area (TPSA) is 77.1 Å². The number of benzene rings is 2. The maximum Gasteiger partial charge on any atom is 0.340 e. The monoisotopic (exact) mass is 356 g/mol. The maximum absolute atomic E-state index is 12.1. The zero-order chi connectivity index (χ0) is 18.5. The molecule has 0 unspecified atom stereocenters. The predicted molar refractivity (Wildman–Crippen MR) is 97.5 cm³/mol. The molecule has 1 heterocycles. The van der Waals surface area contributed by atoms with E-state index < -0.39 is 10.9 Å². The van der Waals surface area contributed by atoms with Gasteiger partial charge in [-0.1, -0.05) is 30.3 Å². The molecule has 3 rings (SSSR count). The zero-order valence-electron chi connectivity index (χ0n) is 14.7. The smallest absolute Gasteiger partial charge is 0.340 e. The fraction of sp³-hybridized carbons (Fsp3) is 0.316. The van der Waals surface area contributed by atoms with Gasteiger partial charge >= 0.3 is 5.97 Å². The lowest BCUT2D eigenvalue weighted by Gasteiger charge is -2.34. The number of nitrogens with one attached hydrogen (secondary N) is 1. The Bertz CT molecular complexity index is 787. The molecule has 0 amide bonds. The lowest BCUT2D eigenvalue weighted by molar-refractivity contribution is -0.914. The highest BCUT2D eigenvalue weighted by atomic mass is 16.6. The molecule has 0 atom stereocenters. The molecule has 0 spiro atoms. The molecule has 0 bridgehead atoms. The fourth-order valence-electron chi connectivity index (χ4n) is 3.31. The Kier molecular flexibility index (Phi) is 5.48. The Labute approximate surface area is 151 Å². The van der Waals surface area contributed by atoms with Crippen LogP contribution >= 0.6 is 0 Å². The first-order chi connectivity index (χ1) is 12.6. The van der Waals surface area contributed by atoms with Crippen LogP contribution in [0.4, 0.5) is 11.4 Å². The molecule has 26 heavy (non-hydrogen) atoms. The van der Waals surface area contributed by atoms with E-state index in [1.54, 1.807) is 6.07 Å². The van der Waals surface area contributed by atoms with Gasteiger partial charge in [-0.15, -0.1) is 0 Å². The van der Waals surface area contributed by atoms with Crippen LogP contribution < -0.4 is 9.80 Å². The largest absolute Gasteiger partial charge is 0.465 e. The van der Waals surface area contributed by atoms with E-state index in [1.807, 2.05) is 18.2 Å². The second-order valence-corrected chi connectivity index (χ2v) is 6.35. The molecule has 0 radical (unpaired) electrons. The van der Waals surface area contributed by atoms with Crippen molar-refractivity contribution in [2.75, 3.05) is 38.2 Å². The molecule has 7 nitrogen and oxygen atoms in total. The van der Waals surface area contributed by atoms with Crippen LogP contribution in [0.2, 0.25) is 0 Å². The summed E-state index contributed by atoms with van der Waals surface area (Å²) in [4.78, 5) is 26.2. The quantitative estimate of drug-likeness (QED) is 0.496. The van der Waals surface area contributed by atoms with E-state index in [-0.39, 0.29) is 11.3 Å². The van der Waals surface area contributed by atoms with Gasteiger partial charge in [0.25, 0.3) is 5.69 Å². The molecule has 0 aromatic heterocycles. The van der Waals surface area contributed by atoms with Crippen molar-refractivity contribution in [3.63, 3.8) is 0 Å². The molecule has 0 saturated carbocycles. The number of nitrogens with zero attached hydrogens (tertiary/aromatic N) is 2. The third kappa shape index (κ3) is 4.00. The first-order valence-electron chi connectivity index (χ1n) is 8.57. The van der Waals surface area contributed by atoms with Gasteiger partial charge in [0, 0.05) is 17.7 Å². The van der Waals surface area contributed by atoms with Gasteiger partial charge in [-0.05, 0) is 6.07 Å². The summed E-state index contributed by atoms with van der Waals surface area (Å²) < 4.78 is 4.81. The first-order valence-corrected chi connectivity index (χ1v) is 8.57. The third-order valence-corrected chi connectivity index (χ3v) is 4.70. The van der Waals surface area contributed by atoms with Gasteiger partial charge in [0.15, 0.2) is 0 Å². The van der Waals surface area contributed by atoms with Crippen molar-refractivity contribution in [1.82, 2.24) is 0 Å². The molecular formula is C19H22N3O4+. The van der Waals surface area contributed by atoms with Crippen LogP contribution in [0.1, 0.15) is 15.9 Å². The van der Waals surface area contributed by atoms with Gasteiger partial charge in [0.1, 0.15) is 6.54 Å². The number of hydrogen-bond donors (Lipinski definition) is 1. The fourth-order valence-corrected chi connectivity index (χ4v) is 3.31. The summed E-state index contributed by atoms with van der Waals surface area (Å²) in [6.07, 6.45) is 0. The lowest BCUT2D eigenvalue weighted by Crippen LogP contribution is -3.13. The number of esters is 1. The summed E-state index contributed by atoms with van der Waals surface area (Å²) in [7, 11) is 1.28. The Hall–Kier alpha value is -2.93. The number of ether oxygens (including phenoxy) is 1. The van der Waals surface area contributed by atoms with E-state index >= 15 is 0 Å². The number of nitro benzene ring substituents is 1. The van der Waals surface area contributed by atoms with Gasteiger partial charge in [-0.2, -0.15) is 0 Å². The summed E-state index contributed by atoms with van der Waals surface area (Å²) in [6.45, 7) is 4.41. The van der Waals surface area contributed by atoms with Crippen molar-refractivity contribution in [1.29, 1.82) is 0 Å². The maximum atomic E-state index is 12.1. The second kappa shape index (κ2) is 7.97. The summed E-state index contributed by atoms with van der Waals surface area (Å²) in [5, 5.41) is 11.0. The van der Waals surface area contributed by atoms with Crippen molar-refractivity contribution >= 4 is 17.3 Å².